The highest BCUT2D eigenvalue weighted by Crippen LogP contribution is 2.18. The topological polar surface area (TPSA) is 54.4 Å². The van der Waals surface area contributed by atoms with Crippen molar-refractivity contribution in [2.45, 2.75) is 6.92 Å². The minimum absolute atomic E-state index is 0.230. The second kappa shape index (κ2) is 4.93. The van der Waals surface area contributed by atoms with E-state index in [0.717, 1.165) is 10.9 Å². The van der Waals surface area contributed by atoms with Crippen molar-refractivity contribution in [3.05, 3.63) is 41.0 Å². The molecule has 0 aliphatic rings. The number of rotatable bonds is 2. The lowest BCUT2D eigenvalue weighted by atomic mass is 10.2. The number of para-hydroxylation sites is 1. The second-order valence-corrected chi connectivity index (χ2v) is 3.85. The van der Waals surface area contributed by atoms with E-state index in [4.69, 9.17) is 11.6 Å². The van der Waals surface area contributed by atoms with E-state index in [9.17, 15) is 4.79 Å². The summed E-state index contributed by atoms with van der Waals surface area (Å²) in [4.78, 5) is 14.9. The highest BCUT2D eigenvalue weighted by molar-refractivity contribution is 6.32. The molecule has 1 amide bonds. The molecule has 0 aliphatic carbocycles. The number of pyridine rings is 1. The van der Waals surface area contributed by atoms with Gasteiger partial charge in [0, 0.05) is 17.9 Å². The fourth-order valence-corrected chi connectivity index (χ4v) is 1.59. The zero-order chi connectivity index (χ0) is 12.3. The Morgan fingerprint density at radius 1 is 1.47 bits per heavy atom. The van der Waals surface area contributed by atoms with Crippen LogP contribution in [0.15, 0.2) is 35.4 Å². The lowest BCUT2D eigenvalue weighted by Crippen LogP contribution is -2.12. The normalized spacial score (nSPS) is 10.9. The van der Waals surface area contributed by atoms with E-state index in [2.05, 4.69) is 15.5 Å². The van der Waals surface area contributed by atoms with Crippen molar-refractivity contribution in [1.82, 2.24) is 10.4 Å². The van der Waals surface area contributed by atoms with Gasteiger partial charge in [0.2, 0.25) is 5.91 Å². The molecule has 4 nitrogen and oxygen atoms in total. The summed E-state index contributed by atoms with van der Waals surface area (Å²) in [6, 6.07) is 9.52. The molecular formula is C12H10ClN3O. The van der Waals surface area contributed by atoms with Gasteiger partial charge in [0.15, 0.2) is 0 Å². The zero-order valence-corrected chi connectivity index (χ0v) is 9.90. The summed E-state index contributed by atoms with van der Waals surface area (Å²) in [5, 5.41) is 5.09. The van der Waals surface area contributed by atoms with Crippen LogP contribution in [0.5, 0.6) is 0 Å². The van der Waals surface area contributed by atoms with Crippen LogP contribution >= 0.6 is 11.6 Å². The molecule has 5 heteroatoms. The fraction of sp³-hybridized carbons (Fsp3) is 0.0833. The molecule has 1 N–H and O–H groups in total. The summed E-state index contributed by atoms with van der Waals surface area (Å²) < 4.78 is 0. The van der Waals surface area contributed by atoms with Crippen LogP contribution in [0.3, 0.4) is 0 Å². The van der Waals surface area contributed by atoms with E-state index < -0.39 is 0 Å². The number of nitrogens with one attached hydrogen (secondary N) is 1. The summed E-state index contributed by atoms with van der Waals surface area (Å²) in [7, 11) is 0. The summed E-state index contributed by atoms with van der Waals surface area (Å²) in [6.07, 6.45) is 1.48. The standard InChI is InChI=1S/C12H10ClN3O/c1-8(17)16-14-7-10-6-9-4-2-3-5-11(9)15-12(10)13/h2-7H,1H3,(H,16,17)/b14-7-. The SMILES string of the molecule is CC(=O)N/N=C\c1cc2ccccc2nc1Cl. The molecular weight excluding hydrogens is 238 g/mol. The van der Waals surface area contributed by atoms with E-state index in [1.807, 2.05) is 30.3 Å². The van der Waals surface area contributed by atoms with E-state index in [1.165, 1.54) is 13.1 Å². The number of aromatic nitrogens is 1. The van der Waals surface area contributed by atoms with Gasteiger partial charge in [-0.1, -0.05) is 29.8 Å². The minimum Gasteiger partial charge on any atom is -0.274 e. The van der Waals surface area contributed by atoms with Crippen molar-refractivity contribution < 1.29 is 4.79 Å². The Bertz CT molecular complexity index is 595. The van der Waals surface area contributed by atoms with Crippen molar-refractivity contribution >= 4 is 34.6 Å². The molecule has 1 aromatic carbocycles. The van der Waals surface area contributed by atoms with Crippen LogP contribution in [-0.4, -0.2) is 17.1 Å². The van der Waals surface area contributed by atoms with Gasteiger partial charge < -0.3 is 0 Å². The maximum atomic E-state index is 10.7. The van der Waals surface area contributed by atoms with E-state index in [-0.39, 0.29) is 5.91 Å². The molecule has 2 aromatic rings. The molecule has 0 atom stereocenters. The Balaban J connectivity index is 2.37. The lowest BCUT2D eigenvalue weighted by molar-refractivity contribution is -0.118. The number of fused-ring (bicyclic) bond motifs is 1. The summed E-state index contributed by atoms with van der Waals surface area (Å²) in [5.74, 6) is -0.230. The van der Waals surface area contributed by atoms with Crippen LogP contribution in [-0.2, 0) is 4.79 Å². The third-order valence-corrected chi connectivity index (χ3v) is 2.43. The van der Waals surface area contributed by atoms with Crippen molar-refractivity contribution in [3.63, 3.8) is 0 Å². The largest absolute Gasteiger partial charge is 0.274 e. The van der Waals surface area contributed by atoms with Crippen LogP contribution in [0.1, 0.15) is 12.5 Å². The molecule has 0 radical (unpaired) electrons. The molecule has 17 heavy (non-hydrogen) atoms. The van der Waals surface area contributed by atoms with Crippen LogP contribution in [0.25, 0.3) is 10.9 Å². The van der Waals surface area contributed by atoms with Gasteiger partial charge in [0.25, 0.3) is 0 Å². The predicted octanol–water partition coefficient (Wildman–Crippen LogP) is 2.36. The van der Waals surface area contributed by atoms with E-state index in [1.54, 1.807) is 0 Å². The third kappa shape index (κ3) is 2.79. The Kier molecular flexibility index (Phi) is 3.35. The number of carbonyl (C=O) groups is 1. The van der Waals surface area contributed by atoms with Crippen molar-refractivity contribution in [2.24, 2.45) is 5.10 Å². The van der Waals surface area contributed by atoms with Gasteiger partial charge >= 0.3 is 0 Å². The van der Waals surface area contributed by atoms with Crippen LogP contribution in [0.4, 0.5) is 0 Å². The maximum absolute atomic E-state index is 10.7. The molecule has 2 rings (SSSR count). The summed E-state index contributed by atoms with van der Waals surface area (Å²) in [5.41, 5.74) is 3.81. The van der Waals surface area contributed by atoms with Gasteiger partial charge in [0.1, 0.15) is 5.15 Å². The van der Waals surface area contributed by atoms with Crippen molar-refractivity contribution in [3.8, 4) is 0 Å². The lowest BCUT2D eigenvalue weighted by Gasteiger charge is -2.01. The molecule has 86 valence electrons. The predicted molar refractivity (Wildman–Crippen MR) is 68.2 cm³/mol. The first kappa shape index (κ1) is 11.5. The van der Waals surface area contributed by atoms with Gasteiger partial charge in [0.05, 0.1) is 11.7 Å². The molecule has 0 saturated heterocycles. The van der Waals surface area contributed by atoms with Gasteiger partial charge in [-0.15, -0.1) is 0 Å². The molecule has 0 fully saturated rings. The van der Waals surface area contributed by atoms with Gasteiger partial charge in [-0.25, -0.2) is 10.4 Å². The number of hydrogen-bond donors (Lipinski definition) is 1. The quantitative estimate of drug-likeness (QED) is 0.503. The number of halogens is 1. The Hall–Kier alpha value is -1.94. The Morgan fingerprint density at radius 2 is 2.24 bits per heavy atom. The van der Waals surface area contributed by atoms with Crippen LogP contribution < -0.4 is 5.43 Å². The monoisotopic (exact) mass is 247 g/mol. The van der Waals surface area contributed by atoms with Gasteiger partial charge in [-0.05, 0) is 12.1 Å². The van der Waals surface area contributed by atoms with E-state index >= 15 is 0 Å². The highest BCUT2D eigenvalue weighted by Gasteiger charge is 2.02. The van der Waals surface area contributed by atoms with E-state index in [0.29, 0.717) is 10.7 Å². The van der Waals surface area contributed by atoms with Gasteiger partial charge in [-0.3, -0.25) is 4.79 Å². The van der Waals surface area contributed by atoms with Crippen molar-refractivity contribution in [1.29, 1.82) is 0 Å². The number of carbonyl (C=O) groups excluding carboxylic acids is 1. The van der Waals surface area contributed by atoms with Crippen molar-refractivity contribution in [2.75, 3.05) is 0 Å². The zero-order valence-electron chi connectivity index (χ0n) is 9.14. The fourth-order valence-electron chi connectivity index (χ4n) is 1.39. The number of hydrazone groups is 1. The number of benzene rings is 1. The molecule has 0 saturated carbocycles. The first-order valence-corrected chi connectivity index (χ1v) is 5.39. The Labute approximate surface area is 103 Å². The first-order valence-electron chi connectivity index (χ1n) is 5.02. The summed E-state index contributed by atoms with van der Waals surface area (Å²) in [6.45, 7) is 1.39. The number of hydrogen-bond acceptors (Lipinski definition) is 3. The molecule has 0 spiro atoms. The maximum Gasteiger partial charge on any atom is 0.236 e. The van der Waals surface area contributed by atoms with Crippen LogP contribution in [0, 0.1) is 0 Å². The molecule has 1 heterocycles. The molecule has 0 bridgehead atoms. The first-order chi connectivity index (χ1) is 8.16. The average molecular weight is 248 g/mol. The summed E-state index contributed by atoms with van der Waals surface area (Å²) >= 11 is 6.00. The molecule has 0 unspecified atom stereocenters. The molecule has 1 aromatic heterocycles. The number of nitrogens with zero attached hydrogens (tertiary/aromatic N) is 2. The number of amides is 1. The average Bonchev–Trinajstić information content (AvgIpc) is 2.29. The molecule has 0 aliphatic heterocycles. The smallest absolute Gasteiger partial charge is 0.236 e. The third-order valence-electron chi connectivity index (χ3n) is 2.13. The Morgan fingerprint density at radius 3 is 3.00 bits per heavy atom. The minimum atomic E-state index is -0.230. The highest BCUT2D eigenvalue weighted by atomic mass is 35.5. The second-order valence-electron chi connectivity index (χ2n) is 3.49. The van der Waals surface area contributed by atoms with Gasteiger partial charge in [-0.2, -0.15) is 5.10 Å². The van der Waals surface area contributed by atoms with Crippen LogP contribution in [0.2, 0.25) is 5.15 Å².